The minimum absolute atomic E-state index is 0.00694. The Hall–Kier alpha value is -1.23. The predicted molar refractivity (Wildman–Crippen MR) is 52.0 cm³/mol. The van der Waals surface area contributed by atoms with Gasteiger partial charge in [0.2, 0.25) is 0 Å². The summed E-state index contributed by atoms with van der Waals surface area (Å²) in [4.78, 5) is 11.1. The van der Waals surface area contributed by atoms with Gasteiger partial charge in [-0.15, -0.1) is 0 Å². The van der Waals surface area contributed by atoms with Crippen molar-refractivity contribution in [2.75, 3.05) is 5.75 Å². The highest BCUT2D eigenvalue weighted by molar-refractivity contribution is 7.91. The molecule has 1 aliphatic rings. The lowest BCUT2D eigenvalue weighted by molar-refractivity contribution is 0.0979. The molecule has 1 aliphatic heterocycles. The molecular weight excluding hydrogens is 219 g/mol. The maximum absolute atomic E-state index is 13.4. The van der Waals surface area contributed by atoms with E-state index in [-0.39, 0.29) is 29.9 Å². The van der Waals surface area contributed by atoms with Crippen molar-refractivity contribution in [1.82, 2.24) is 0 Å². The van der Waals surface area contributed by atoms with Crippen molar-refractivity contribution in [3.8, 4) is 0 Å². The van der Waals surface area contributed by atoms with Crippen LogP contribution < -0.4 is 0 Å². The Bertz CT molecular complexity index is 519. The summed E-state index contributed by atoms with van der Waals surface area (Å²) in [6.07, 6.45) is 0.422. The maximum atomic E-state index is 13.4. The monoisotopic (exact) mass is 228 g/mol. The lowest BCUT2D eigenvalue weighted by Gasteiger charge is -2.05. The Morgan fingerprint density at radius 2 is 2.00 bits per heavy atom. The van der Waals surface area contributed by atoms with Gasteiger partial charge in [-0.25, -0.2) is 12.8 Å². The third-order valence-electron chi connectivity index (χ3n) is 2.40. The third kappa shape index (κ3) is 1.67. The molecule has 3 nitrogen and oxygen atoms in total. The van der Waals surface area contributed by atoms with E-state index in [2.05, 4.69) is 0 Å². The van der Waals surface area contributed by atoms with Gasteiger partial charge in [0.1, 0.15) is 10.7 Å². The Morgan fingerprint density at radius 1 is 1.27 bits per heavy atom. The summed E-state index contributed by atoms with van der Waals surface area (Å²) in [5.41, 5.74) is -0.00694. The average molecular weight is 228 g/mol. The van der Waals surface area contributed by atoms with Gasteiger partial charge in [-0.3, -0.25) is 4.79 Å². The normalized spacial score (nSPS) is 19.4. The lowest BCUT2D eigenvalue weighted by atomic mass is 10.1. The van der Waals surface area contributed by atoms with Crippen molar-refractivity contribution in [2.45, 2.75) is 17.7 Å². The van der Waals surface area contributed by atoms with Crippen LogP contribution in [0, 0.1) is 5.82 Å². The number of hydrogen-bond acceptors (Lipinski definition) is 3. The zero-order valence-corrected chi connectivity index (χ0v) is 8.68. The van der Waals surface area contributed by atoms with Crippen LogP contribution in [0.15, 0.2) is 23.1 Å². The molecular formula is C10H9FO3S. The molecule has 1 heterocycles. The molecule has 0 saturated carbocycles. The molecule has 0 bridgehead atoms. The minimum Gasteiger partial charge on any atom is -0.294 e. The predicted octanol–water partition coefficient (Wildman–Crippen LogP) is 1.58. The fourth-order valence-electron chi connectivity index (χ4n) is 1.70. The summed E-state index contributed by atoms with van der Waals surface area (Å²) < 4.78 is 36.7. The van der Waals surface area contributed by atoms with Gasteiger partial charge >= 0.3 is 0 Å². The highest BCUT2D eigenvalue weighted by Crippen LogP contribution is 2.26. The average Bonchev–Trinajstić information content (AvgIpc) is 2.26. The van der Waals surface area contributed by atoms with Crippen LogP contribution in [-0.2, 0) is 9.84 Å². The van der Waals surface area contributed by atoms with Crippen LogP contribution in [0.5, 0.6) is 0 Å². The first-order valence-corrected chi connectivity index (χ1v) is 6.22. The fraction of sp³-hybridized carbons (Fsp3) is 0.300. The van der Waals surface area contributed by atoms with Gasteiger partial charge < -0.3 is 0 Å². The molecule has 5 heteroatoms. The van der Waals surface area contributed by atoms with Crippen molar-refractivity contribution in [1.29, 1.82) is 0 Å². The molecule has 0 aliphatic carbocycles. The zero-order valence-electron chi connectivity index (χ0n) is 7.86. The first-order chi connectivity index (χ1) is 7.02. The summed E-state index contributed by atoms with van der Waals surface area (Å²) in [6.45, 7) is 0. The Labute approximate surface area is 86.8 Å². The molecule has 1 aromatic carbocycles. The third-order valence-corrected chi connectivity index (χ3v) is 4.26. The number of carbonyl (C=O) groups is 1. The van der Waals surface area contributed by atoms with Crippen molar-refractivity contribution in [3.63, 3.8) is 0 Å². The molecule has 0 amide bonds. The number of Topliss-reactive ketones (excluding diaryl/α,β-unsaturated/α-hetero) is 1. The number of sulfone groups is 1. The number of carbonyl (C=O) groups excluding carboxylic acids is 1. The van der Waals surface area contributed by atoms with E-state index in [1.54, 1.807) is 0 Å². The van der Waals surface area contributed by atoms with E-state index in [1.165, 1.54) is 12.1 Å². The number of hydrogen-bond donors (Lipinski definition) is 0. The molecule has 0 atom stereocenters. The molecule has 0 spiro atoms. The van der Waals surface area contributed by atoms with Crippen LogP contribution in [0.4, 0.5) is 4.39 Å². The van der Waals surface area contributed by atoms with Crippen LogP contribution in [0.1, 0.15) is 23.2 Å². The molecule has 2 rings (SSSR count). The minimum atomic E-state index is -3.64. The Morgan fingerprint density at radius 3 is 2.73 bits per heavy atom. The summed E-state index contributed by atoms with van der Waals surface area (Å²) in [5, 5.41) is 0. The second kappa shape index (κ2) is 3.41. The molecule has 80 valence electrons. The first kappa shape index (κ1) is 10.3. The smallest absolute Gasteiger partial charge is 0.182 e. The molecule has 0 radical (unpaired) electrons. The van der Waals surface area contributed by atoms with E-state index in [0.29, 0.717) is 0 Å². The van der Waals surface area contributed by atoms with Crippen LogP contribution in [-0.4, -0.2) is 20.0 Å². The van der Waals surface area contributed by atoms with E-state index < -0.39 is 20.5 Å². The topological polar surface area (TPSA) is 51.2 Å². The molecule has 0 fully saturated rings. The molecule has 0 unspecified atom stereocenters. The number of rotatable bonds is 0. The van der Waals surface area contributed by atoms with Gasteiger partial charge in [-0.05, 0) is 18.6 Å². The molecule has 1 aromatic rings. The first-order valence-electron chi connectivity index (χ1n) is 4.57. The molecule has 0 N–H and O–H groups in total. The highest BCUT2D eigenvalue weighted by atomic mass is 32.2. The highest BCUT2D eigenvalue weighted by Gasteiger charge is 2.29. The number of fused-ring (bicyclic) bond motifs is 1. The van der Waals surface area contributed by atoms with Crippen LogP contribution in [0.3, 0.4) is 0 Å². The van der Waals surface area contributed by atoms with Gasteiger partial charge in [0, 0.05) is 12.0 Å². The van der Waals surface area contributed by atoms with Crippen LogP contribution >= 0.6 is 0 Å². The van der Waals surface area contributed by atoms with Crippen LogP contribution in [0.2, 0.25) is 0 Å². The van der Waals surface area contributed by atoms with Gasteiger partial charge in [0.25, 0.3) is 0 Å². The summed E-state index contributed by atoms with van der Waals surface area (Å²) in [7, 11) is -3.64. The number of benzene rings is 1. The second-order valence-corrected chi connectivity index (χ2v) is 5.51. The summed E-state index contributed by atoms with van der Waals surface area (Å²) >= 11 is 0. The summed E-state index contributed by atoms with van der Waals surface area (Å²) in [5.74, 6) is -1.29. The summed E-state index contributed by atoms with van der Waals surface area (Å²) in [6, 6.07) is 3.78. The lowest BCUT2D eigenvalue weighted by Crippen LogP contribution is -2.09. The van der Waals surface area contributed by atoms with Crippen molar-refractivity contribution >= 4 is 15.6 Å². The molecule has 15 heavy (non-hydrogen) atoms. The molecule has 0 saturated heterocycles. The van der Waals surface area contributed by atoms with Crippen LogP contribution in [0.25, 0.3) is 0 Å². The van der Waals surface area contributed by atoms with E-state index in [9.17, 15) is 17.6 Å². The standard InChI is InChI=1S/C10H9FO3S/c11-8-4-1-3-7-9(12)5-2-6-15(13,14)10(7)8/h1,3-4H,2,5-6H2. The van der Waals surface area contributed by atoms with E-state index in [1.807, 2.05) is 0 Å². The van der Waals surface area contributed by atoms with E-state index >= 15 is 0 Å². The van der Waals surface area contributed by atoms with Crippen molar-refractivity contribution < 1.29 is 17.6 Å². The van der Waals surface area contributed by atoms with Crippen molar-refractivity contribution in [2.24, 2.45) is 0 Å². The maximum Gasteiger partial charge on any atom is 0.182 e. The molecule has 0 aromatic heterocycles. The van der Waals surface area contributed by atoms with Crippen molar-refractivity contribution in [3.05, 3.63) is 29.6 Å². The van der Waals surface area contributed by atoms with Gasteiger partial charge in [0.05, 0.1) is 5.75 Å². The quantitative estimate of drug-likeness (QED) is 0.677. The van der Waals surface area contributed by atoms with Gasteiger partial charge in [-0.1, -0.05) is 6.07 Å². The van der Waals surface area contributed by atoms with Gasteiger partial charge in [0.15, 0.2) is 15.6 Å². The number of ketones is 1. The fourth-order valence-corrected chi connectivity index (χ4v) is 3.31. The Balaban J connectivity index is 2.80. The van der Waals surface area contributed by atoms with Gasteiger partial charge in [-0.2, -0.15) is 0 Å². The second-order valence-electron chi connectivity index (χ2n) is 3.46. The largest absolute Gasteiger partial charge is 0.294 e. The van der Waals surface area contributed by atoms with E-state index in [0.717, 1.165) is 6.07 Å². The Kier molecular flexibility index (Phi) is 2.34. The van der Waals surface area contributed by atoms with E-state index in [4.69, 9.17) is 0 Å². The SMILES string of the molecule is O=C1CCCS(=O)(=O)c2c(F)cccc21. The number of halogens is 1. The zero-order chi connectivity index (χ0) is 11.1.